The second-order valence-electron chi connectivity index (χ2n) is 6.56. The number of rotatable bonds is 6. The van der Waals surface area contributed by atoms with Gasteiger partial charge in [0.15, 0.2) is 11.6 Å². The highest BCUT2D eigenvalue weighted by atomic mass is 15.3. The van der Waals surface area contributed by atoms with Gasteiger partial charge >= 0.3 is 0 Å². The fraction of sp³-hybridized carbons (Fsp3) is 0.182. The van der Waals surface area contributed by atoms with Crippen molar-refractivity contribution in [2.75, 3.05) is 5.32 Å². The minimum absolute atomic E-state index is 0.646. The second kappa shape index (κ2) is 8.00. The zero-order chi connectivity index (χ0) is 19.3. The van der Waals surface area contributed by atoms with Gasteiger partial charge in [-0.25, -0.2) is 9.97 Å². The van der Waals surface area contributed by atoms with Crippen molar-refractivity contribution in [2.45, 2.75) is 19.8 Å². The van der Waals surface area contributed by atoms with E-state index in [-0.39, 0.29) is 0 Å². The van der Waals surface area contributed by atoms with E-state index >= 15 is 0 Å². The minimum Gasteiger partial charge on any atom is -0.337 e. The van der Waals surface area contributed by atoms with E-state index in [9.17, 15) is 0 Å². The van der Waals surface area contributed by atoms with Gasteiger partial charge in [0, 0.05) is 13.2 Å². The Morgan fingerprint density at radius 1 is 1.04 bits per heavy atom. The fourth-order valence-electron chi connectivity index (χ4n) is 3.13. The molecule has 140 valence electrons. The van der Waals surface area contributed by atoms with Gasteiger partial charge in [-0.3, -0.25) is 9.67 Å². The Balaban J connectivity index is 1.81. The van der Waals surface area contributed by atoms with Gasteiger partial charge in [-0.2, -0.15) is 5.10 Å². The Hall–Kier alpha value is -3.54. The third kappa shape index (κ3) is 3.76. The van der Waals surface area contributed by atoms with Crippen molar-refractivity contribution < 1.29 is 0 Å². The first-order chi connectivity index (χ1) is 13.7. The highest BCUT2D eigenvalue weighted by Crippen LogP contribution is 2.26. The van der Waals surface area contributed by atoms with Gasteiger partial charge in [-0.15, -0.1) is 0 Å². The molecule has 0 aliphatic heterocycles. The number of fused-ring (bicyclic) bond motifs is 1. The number of benzene rings is 1. The summed E-state index contributed by atoms with van der Waals surface area (Å²) in [4.78, 5) is 13.7. The van der Waals surface area contributed by atoms with Gasteiger partial charge in [0.25, 0.3) is 0 Å². The standard InChI is InChI=1S/C22H22N6/c1-3-8-18-20-21(28(2)27-18)22(24-17-11-7-14-23-15-17)26-19(25-20)13-12-16-9-5-4-6-10-16/h4-7,9-15H,3,8H2,1-2H3,(H,24,25,26)/b13-12+. The van der Waals surface area contributed by atoms with Crippen LogP contribution in [0.2, 0.25) is 0 Å². The number of anilines is 2. The first-order valence-corrected chi connectivity index (χ1v) is 9.38. The van der Waals surface area contributed by atoms with Gasteiger partial charge < -0.3 is 5.32 Å². The van der Waals surface area contributed by atoms with Crippen molar-refractivity contribution >= 4 is 34.7 Å². The van der Waals surface area contributed by atoms with Crippen LogP contribution in [0.1, 0.15) is 30.4 Å². The van der Waals surface area contributed by atoms with E-state index in [0.29, 0.717) is 5.82 Å². The normalized spacial score (nSPS) is 11.4. The lowest BCUT2D eigenvalue weighted by Crippen LogP contribution is -2.02. The topological polar surface area (TPSA) is 68.5 Å². The van der Waals surface area contributed by atoms with Crippen LogP contribution in [-0.4, -0.2) is 24.7 Å². The summed E-state index contributed by atoms with van der Waals surface area (Å²) in [5.74, 6) is 1.37. The number of nitrogens with one attached hydrogen (secondary N) is 1. The average Bonchev–Trinajstić information content (AvgIpc) is 3.04. The molecule has 0 saturated heterocycles. The predicted molar refractivity (Wildman–Crippen MR) is 113 cm³/mol. The van der Waals surface area contributed by atoms with Gasteiger partial charge in [-0.1, -0.05) is 49.8 Å². The lowest BCUT2D eigenvalue weighted by Gasteiger charge is -2.08. The summed E-state index contributed by atoms with van der Waals surface area (Å²) >= 11 is 0. The largest absolute Gasteiger partial charge is 0.337 e. The molecule has 3 aromatic heterocycles. The maximum absolute atomic E-state index is 4.80. The zero-order valence-corrected chi connectivity index (χ0v) is 16.0. The van der Waals surface area contributed by atoms with Gasteiger partial charge in [-0.05, 0) is 30.2 Å². The van der Waals surface area contributed by atoms with Crippen LogP contribution in [0.25, 0.3) is 23.2 Å². The predicted octanol–water partition coefficient (Wildman–Crippen LogP) is 4.62. The van der Waals surface area contributed by atoms with E-state index in [0.717, 1.165) is 46.6 Å². The Labute approximate surface area is 164 Å². The van der Waals surface area contributed by atoms with E-state index in [1.54, 1.807) is 12.4 Å². The van der Waals surface area contributed by atoms with Crippen molar-refractivity contribution in [3.63, 3.8) is 0 Å². The van der Waals surface area contributed by atoms with Crippen LogP contribution in [0.4, 0.5) is 11.5 Å². The molecule has 1 aromatic carbocycles. The number of hydrogen-bond acceptors (Lipinski definition) is 5. The number of hydrogen-bond donors (Lipinski definition) is 1. The third-order valence-corrected chi connectivity index (χ3v) is 4.40. The van der Waals surface area contributed by atoms with E-state index in [1.807, 2.05) is 54.2 Å². The molecule has 1 N–H and O–H groups in total. The summed E-state index contributed by atoms with van der Waals surface area (Å²) in [6.45, 7) is 2.15. The van der Waals surface area contributed by atoms with E-state index in [2.05, 4.69) is 34.5 Å². The van der Waals surface area contributed by atoms with Gasteiger partial charge in [0.1, 0.15) is 11.0 Å². The molecule has 28 heavy (non-hydrogen) atoms. The molecule has 0 aliphatic rings. The van der Waals surface area contributed by atoms with Gasteiger partial charge in [0.2, 0.25) is 0 Å². The Kier molecular flexibility index (Phi) is 5.10. The summed E-state index contributed by atoms with van der Waals surface area (Å²) < 4.78 is 1.85. The molecule has 0 unspecified atom stereocenters. The lowest BCUT2D eigenvalue weighted by atomic mass is 10.2. The van der Waals surface area contributed by atoms with Crippen molar-refractivity contribution in [1.82, 2.24) is 24.7 Å². The summed E-state index contributed by atoms with van der Waals surface area (Å²) in [5, 5.41) is 8.05. The molecule has 0 radical (unpaired) electrons. The van der Waals surface area contributed by atoms with Crippen molar-refractivity contribution in [2.24, 2.45) is 7.05 Å². The molecular formula is C22H22N6. The molecule has 0 spiro atoms. The van der Waals surface area contributed by atoms with Crippen molar-refractivity contribution in [3.05, 3.63) is 71.9 Å². The number of aromatic nitrogens is 5. The maximum atomic E-state index is 4.80. The van der Waals surface area contributed by atoms with Crippen LogP contribution in [0.3, 0.4) is 0 Å². The molecule has 0 fully saturated rings. The number of aryl methyl sites for hydroxylation is 2. The van der Waals surface area contributed by atoms with Crippen LogP contribution < -0.4 is 5.32 Å². The highest BCUT2D eigenvalue weighted by molar-refractivity contribution is 5.90. The molecule has 0 aliphatic carbocycles. The fourth-order valence-corrected chi connectivity index (χ4v) is 3.13. The van der Waals surface area contributed by atoms with Crippen LogP contribution in [0.15, 0.2) is 54.9 Å². The Morgan fingerprint density at radius 3 is 2.64 bits per heavy atom. The zero-order valence-electron chi connectivity index (χ0n) is 16.0. The second-order valence-corrected chi connectivity index (χ2v) is 6.56. The number of nitrogens with zero attached hydrogens (tertiary/aromatic N) is 5. The van der Waals surface area contributed by atoms with E-state index in [1.165, 1.54) is 0 Å². The van der Waals surface area contributed by atoms with E-state index < -0.39 is 0 Å². The maximum Gasteiger partial charge on any atom is 0.160 e. The van der Waals surface area contributed by atoms with E-state index in [4.69, 9.17) is 9.97 Å². The summed E-state index contributed by atoms with van der Waals surface area (Å²) in [5.41, 5.74) is 4.75. The third-order valence-electron chi connectivity index (χ3n) is 4.40. The van der Waals surface area contributed by atoms with Crippen LogP contribution in [0.5, 0.6) is 0 Å². The van der Waals surface area contributed by atoms with Crippen LogP contribution in [0, 0.1) is 0 Å². The Morgan fingerprint density at radius 2 is 1.89 bits per heavy atom. The molecular weight excluding hydrogens is 348 g/mol. The quantitative estimate of drug-likeness (QED) is 0.536. The molecule has 3 heterocycles. The van der Waals surface area contributed by atoms with Crippen LogP contribution >= 0.6 is 0 Å². The Bertz CT molecular complexity index is 1100. The first-order valence-electron chi connectivity index (χ1n) is 9.38. The average molecular weight is 370 g/mol. The molecule has 0 saturated carbocycles. The molecule has 0 amide bonds. The van der Waals surface area contributed by atoms with Crippen molar-refractivity contribution in [1.29, 1.82) is 0 Å². The molecule has 6 heteroatoms. The van der Waals surface area contributed by atoms with Crippen molar-refractivity contribution in [3.8, 4) is 0 Å². The minimum atomic E-state index is 0.646. The smallest absolute Gasteiger partial charge is 0.160 e. The molecule has 0 bridgehead atoms. The summed E-state index contributed by atoms with van der Waals surface area (Å²) in [6, 6.07) is 14.0. The SMILES string of the molecule is CCCc1nn(C)c2c(Nc3cccnc3)nc(/C=C/c3ccccc3)nc12. The monoisotopic (exact) mass is 370 g/mol. The first kappa shape index (κ1) is 17.9. The summed E-state index contributed by atoms with van der Waals surface area (Å²) in [7, 11) is 1.93. The molecule has 6 nitrogen and oxygen atoms in total. The summed E-state index contributed by atoms with van der Waals surface area (Å²) in [6.07, 6.45) is 9.37. The molecule has 4 aromatic rings. The lowest BCUT2D eigenvalue weighted by molar-refractivity contribution is 0.753. The molecule has 0 atom stereocenters. The highest BCUT2D eigenvalue weighted by Gasteiger charge is 2.16. The molecule has 4 rings (SSSR count). The van der Waals surface area contributed by atoms with Gasteiger partial charge in [0.05, 0.1) is 17.6 Å². The van der Waals surface area contributed by atoms with Crippen LogP contribution in [-0.2, 0) is 13.5 Å². The number of pyridine rings is 1.